The second kappa shape index (κ2) is 5.33. The fourth-order valence-corrected chi connectivity index (χ4v) is 3.75. The number of fused-ring (bicyclic) bond motifs is 1. The van der Waals surface area contributed by atoms with E-state index in [0.717, 1.165) is 11.3 Å². The van der Waals surface area contributed by atoms with Crippen LogP contribution in [0.25, 0.3) is 10.1 Å². The Morgan fingerprint density at radius 1 is 1.45 bits per heavy atom. The van der Waals surface area contributed by atoms with Crippen molar-refractivity contribution < 1.29 is 23.8 Å². The molecule has 1 atom stereocenters. The number of hydrogen-bond acceptors (Lipinski definition) is 4. The van der Waals surface area contributed by atoms with Gasteiger partial charge in [0.25, 0.3) is 5.91 Å². The topological polar surface area (TPSA) is 75.6 Å². The molecule has 5 nitrogen and oxygen atoms in total. The summed E-state index contributed by atoms with van der Waals surface area (Å²) in [5.41, 5.74) is -0.881. The molecule has 116 valence electrons. The SMILES string of the molecule is Cc1c(C(=O)NC2(C(=O)O)CCOC2)sc2cccc(F)c12. The Labute approximate surface area is 129 Å². The molecule has 1 aliphatic rings. The molecule has 1 unspecified atom stereocenters. The number of hydrogen-bond donors (Lipinski definition) is 2. The number of rotatable bonds is 3. The molecule has 0 bridgehead atoms. The number of nitrogens with one attached hydrogen (secondary N) is 1. The highest BCUT2D eigenvalue weighted by molar-refractivity contribution is 7.21. The van der Waals surface area contributed by atoms with E-state index in [1.54, 1.807) is 19.1 Å². The van der Waals surface area contributed by atoms with Gasteiger partial charge in [0.05, 0.1) is 11.5 Å². The number of aliphatic carboxylic acids is 1. The fourth-order valence-electron chi connectivity index (χ4n) is 2.63. The first-order valence-electron chi connectivity index (χ1n) is 6.76. The van der Waals surface area contributed by atoms with Crippen molar-refractivity contribution in [3.05, 3.63) is 34.5 Å². The van der Waals surface area contributed by atoms with Gasteiger partial charge in [-0.25, -0.2) is 9.18 Å². The molecule has 0 aliphatic carbocycles. The fraction of sp³-hybridized carbons (Fsp3) is 0.333. The molecule has 1 saturated heterocycles. The number of carboxylic acids is 1. The monoisotopic (exact) mass is 323 g/mol. The first-order valence-corrected chi connectivity index (χ1v) is 7.57. The molecular weight excluding hydrogens is 309 g/mol. The normalized spacial score (nSPS) is 21.2. The largest absolute Gasteiger partial charge is 0.479 e. The van der Waals surface area contributed by atoms with Gasteiger partial charge < -0.3 is 15.2 Å². The lowest BCUT2D eigenvalue weighted by Crippen LogP contribution is -2.55. The highest BCUT2D eigenvalue weighted by Crippen LogP contribution is 2.33. The number of carboxylic acid groups (broad SMARTS) is 1. The van der Waals surface area contributed by atoms with E-state index in [1.807, 2.05) is 0 Å². The first-order chi connectivity index (χ1) is 10.4. The molecule has 22 heavy (non-hydrogen) atoms. The molecule has 7 heteroatoms. The zero-order valence-corrected chi connectivity index (χ0v) is 12.6. The summed E-state index contributed by atoms with van der Waals surface area (Å²) >= 11 is 1.15. The maximum absolute atomic E-state index is 13.9. The average Bonchev–Trinajstić information content (AvgIpc) is 3.05. The third kappa shape index (κ3) is 2.26. The summed E-state index contributed by atoms with van der Waals surface area (Å²) in [4.78, 5) is 24.2. The van der Waals surface area contributed by atoms with E-state index in [0.29, 0.717) is 20.5 Å². The molecular formula is C15H14FNO4S. The van der Waals surface area contributed by atoms with Gasteiger partial charge in [-0.05, 0) is 24.6 Å². The lowest BCUT2D eigenvalue weighted by Gasteiger charge is -2.23. The zero-order valence-electron chi connectivity index (χ0n) is 11.8. The van der Waals surface area contributed by atoms with Crippen LogP contribution >= 0.6 is 11.3 Å². The number of aryl methyl sites for hydroxylation is 1. The molecule has 1 aromatic heterocycles. The second-order valence-electron chi connectivity index (χ2n) is 5.31. The van der Waals surface area contributed by atoms with Crippen LogP contribution in [0.4, 0.5) is 4.39 Å². The van der Waals surface area contributed by atoms with Crippen LogP contribution in [0.1, 0.15) is 21.7 Å². The van der Waals surface area contributed by atoms with E-state index in [9.17, 15) is 19.1 Å². The standard InChI is InChI=1S/C15H14FNO4S/c1-8-11-9(16)3-2-4-10(11)22-12(8)13(18)17-15(14(19)20)5-6-21-7-15/h2-4H,5-7H2,1H3,(H,17,18)(H,19,20). The number of halogens is 1. The summed E-state index contributed by atoms with van der Waals surface area (Å²) < 4.78 is 19.7. The maximum atomic E-state index is 13.9. The highest BCUT2D eigenvalue weighted by Gasteiger charge is 2.44. The van der Waals surface area contributed by atoms with Gasteiger partial charge in [0.1, 0.15) is 5.82 Å². The molecule has 2 N–H and O–H groups in total. The Morgan fingerprint density at radius 2 is 2.23 bits per heavy atom. The van der Waals surface area contributed by atoms with Gasteiger partial charge in [0.15, 0.2) is 5.54 Å². The van der Waals surface area contributed by atoms with E-state index in [1.165, 1.54) is 6.07 Å². The van der Waals surface area contributed by atoms with E-state index in [-0.39, 0.29) is 25.5 Å². The number of carbonyl (C=O) groups excluding carboxylic acids is 1. The van der Waals surface area contributed by atoms with Crippen LogP contribution in [-0.4, -0.2) is 35.7 Å². The Balaban J connectivity index is 1.97. The maximum Gasteiger partial charge on any atom is 0.331 e. The van der Waals surface area contributed by atoms with Crippen molar-refractivity contribution in [2.75, 3.05) is 13.2 Å². The van der Waals surface area contributed by atoms with Crippen molar-refractivity contribution in [3.63, 3.8) is 0 Å². The Bertz CT molecular complexity index is 764. The molecule has 0 spiro atoms. The quantitative estimate of drug-likeness (QED) is 0.909. The second-order valence-corrected chi connectivity index (χ2v) is 6.37. The van der Waals surface area contributed by atoms with Gasteiger partial charge in [0.2, 0.25) is 0 Å². The predicted molar refractivity (Wildman–Crippen MR) is 79.8 cm³/mol. The van der Waals surface area contributed by atoms with Crippen LogP contribution in [-0.2, 0) is 9.53 Å². The lowest BCUT2D eigenvalue weighted by atomic mass is 9.98. The van der Waals surface area contributed by atoms with Gasteiger partial charge in [0, 0.05) is 23.1 Å². The minimum Gasteiger partial charge on any atom is -0.479 e. The molecule has 0 radical (unpaired) electrons. The van der Waals surface area contributed by atoms with Crippen molar-refractivity contribution in [1.29, 1.82) is 0 Å². The molecule has 1 fully saturated rings. The van der Waals surface area contributed by atoms with Gasteiger partial charge >= 0.3 is 5.97 Å². The van der Waals surface area contributed by atoms with Crippen LogP contribution in [0.5, 0.6) is 0 Å². The Hall–Kier alpha value is -1.99. The third-order valence-electron chi connectivity index (χ3n) is 3.89. The van der Waals surface area contributed by atoms with E-state index >= 15 is 0 Å². The van der Waals surface area contributed by atoms with Crippen molar-refractivity contribution >= 4 is 33.3 Å². The molecule has 1 aliphatic heterocycles. The minimum absolute atomic E-state index is 0.0631. The lowest BCUT2D eigenvalue weighted by molar-refractivity contribution is -0.144. The minimum atomic E-state index is -1.40. The van der Waals surface area contributed by atoms with Crippen LogP contribution in [0.15, 0.2) is 18.2 Å². The van der Waals surface area contributed by atoms with Gasteiger partial charge in [-0.2, -0.15) is 0 Å². The summed E-state index contributed by atoms with van der Waals surface area (Å²) in [6, 6.07) is 4.66. The van der Waals surface area contributed by atoms with Gasteiger partial charge in [-0.15, -0.1) is 11.3 Å². The molecule has 2 aromatic rings. The van der Waals surface area contributed by atoms with Crippen LogP contribution in [0, 0.1) is 12.7 Å². The molecule has 1 aromatic carbocycles. The molecule has 0 saturated carbocycles. The predicted octanol–water partition coefficient (Wildman–Crippen LogP) is 2.32. The smallest absolute Gasteiger partial charge is 0.331 e. The number of benzene rings is 1. The van der Waals surface area contributed by atoms with Crippen molar-refractivity contribution in [3.8, 4) is 0 Å². The summed E-state index contributed by atoms with van der Waals surface area (Å²) in [6.45, 7) is 1.88. The van der Waals surface area contributed by atoms with Gasteiger partial charge in [-0.3, -0.25) is 4.79 Å². The first kappa shape index (κ1) is 14.9. The molecule has 2 heterocycles. The summed E-state index contributed by atoms with van der Waals surface area (Å²) in [5, 5.41) is 12.3. The summed E-state index contributed by atoms with van der Waals surface area (Å²) in [7, 11) is 0. The molecule has 3 rings (SSSR count). The zero-order chi connectivity index (χ0) is 15.9. The van der Waals surface area contributed by atoms with Crippen molar-refractivity contribution in [2.45, 2.75) is 18.9 Å². The number of thiophene rings is 1. The van der Waals surface area contributed by atoms with Crippen LogP contribution in [0.2, 0.25) is 0 Å². The average molecular weight is 323 g/mol. The van der Waals surface area contributed by atoms with Crippen molar-refractivity contribution in [2.24, 2.45) is 0 Å². The number of amides is 1. The Kier molecular flexibility index (Phi) is 3.62. The van der Waals surface area contributed by atoms with Crippen LogP contribution in [0.3, 0.4) is 0 Å². The Morgan fingerprint density at radius 3 is 2.82 bits per heavy atom. The highest BCUT2D eigenvalue weighted by atomic mass is 32.1. The summed E-state index contributed by atoms with van der Waals surface area (Å²) in [6.07, 6.45) is 0.215. The van der Waals surface area contributed by atoms with Crippen molar-refractivity contribution in [1.82, 2.24) is 5.32 Å². The third-order valence-corrected chi connectivity index (χ3v) is 5.15. The van der Waals surface area contributed by atoms with E-state index in [2.05, 4.69) is 5.32 Å². The van der Waals surface area contributed by atoms with Crippen LogP contribution < -0.4 is 5.32 Å². The number of ether oxygens (including phenoxy) is 1. The van der Waals surface area contributed by atoms with E-state index in [4.69, 9.17) is 4.74 Å². The van der Waals surface area contributed by atoms with E-state index < -0.39 is 17.4 Å². The van der Waals surface area contributed by atoms with Gasteiger partial charge in [-0.1, -0.05) is 6.07 Å². The number of carbonyl (C=O) groups is 2. The molecule has 1 amide bonds. The summed E-state index contributed by atoms with van der Waals surface area (Å²) in [5.74, 6) is -2.02.